The van der Waals surface area contributed by atoms with Crippen molar-refractivity contribution in [3.8, 4) is 11.1 Å². The second-order valence-electron chi connectivity index (χ2n) is 8.92. The molecular formula is C25H22F3N3O3. The van der Waals surface area contributed by atoms with Crippen molar-refractivity contribution in [1.29, 1.82) is 0 Å². The molecule has 0 saturated heterocycles. The van der Waals surface area contributed by atoms with E-state index >= 15 is 0 Å². The van der Waals surface area contributed by atoms with Crippen LogP contribution in [0.2, 0.25) is 0 Å². The summed E-state index contributed by atoms with van der Waals surface area (Å²) in [6.45, 7) is 0. The lowest BCUT2D eigenvalue weighted by atomic mass is 9.93. The number of alkyl halides is 3. The first-order valence-corrected chi connectivity index (χ1v) is 11.1. The van der Waals surface area contributed by atoms with Crippen molar-refractivity contribution in [2.24, 2.45) is 5.92 Å². The maximum atomic E-state index is 13.0. The lowest BCUT2D eigenvalue weighted by molar-refractivity contribution is -0.137. The summed E-state index contributed by atoms with van der Waals surface area (Å²) in [5.74, 6) is -2.23. The Morgan fingerprint density at radius 1 is 1.12 bits per heavy atom. The first-order chi connectivity index (χ1) is 16.2. The molecule has 2 aliphatic carbocycles. The van der Waals surface area contributed by atoms with Crippen LogP contribution in [0, 0.1) is 5.92 Å². The van der Waals surface area contributed by atoms with Gasteiger partial charge in [0.2, 0.25) is 5.91 Å². The van der Waals surface area contributed by atoms with E-state index in [9.17, 15) is 27.9 Å². The molecule has 2 N–H and O–H groups in total. The maximum absolute atomic E-state index is 13.0. The monoisotopic (exact) mass is 469 g/mol. The highest BCUT2D eigenvalue weighted by Gasteiger charge is 2.44. The molecular weight excluding hydrogens is 447 g/mol. The zero-order valence-corrected chi connectivity index (χ0v) is 18.0. The molecule has 0 bridgehead atoms. The van der Waals surface area contributed by atoms with E-state index in [1.807, 2.05) is 10.9 Å². The highest BCUT2D eigenvalue weighted by atomic mass is 19.4. The number of carbonyl (C=O) groups is 2. The molecule has 2 aromatic carbocycles. The molecule has 176 valence electrons. The predicted molar refractivity (Wildman–Crippen MR) is 118 cm³/mol. The topological polar surface area (TPSA) is 84.2 Å². The Kier molecular flexibility index (Phi) is 5.42. The highest BCUT2D eigenvalue weighted by molar-refractivity contribution is 6.00. The molecule has 1 heterocycles. The fourth-order valence-corrected chi connectivity index (χ4v) is 4.41. The molecule has 6 nitrogen and oxygen atoms in total. The van der Waals surface area contributed by atoms with Crippen molar-refractivity contribution in [3.63, 3.8) is 0 Å². The summed E-state index contributed by atoms with van der Waals surface area (Å²) in [4.78, 5) is 24.6. The van der Waals surface area contributed by atoms with E-state index in [0.29, 0.717) is 34.8 Å². The van der Waals surface area contributed by atoms with Crippen LogP contribution in [0.1, 0.15) is 59.1 Å². The average Bonchev–Trinajstić information content (AvgIpc) is 3.43. The molecule has 1 amide bonds. The normalized spacial score (nSPS) is 20.0. The molecule has 5 rings (SSSR count). The van der Waals surface area contributed by atoms with Crippen molar-refractivity contribution >= 4 is 17.6 Å². The van der Waals surface area contributed by atoms with Crippen LogP contribution in [0.3, 0.4) is 0 Å². The minimum absolute atomic E-state index is 0.0381. The summed E-state index contributed by atoms with van der Waals surface area (Å²) in [5.41, 5.74) is 1.29. The molecule has 34 heavy (non-hydrogen) atoms. The summed E-state index contributed by atoms with van der Waals surface area (Å²) < 4.78 is 40.8. The van der Waals surface area contributed by atoms with Gasteiger partial charge in [0.05, 0.1) is 23.4 Å². The maximum Gasteiger partial charge on any atom is 0.416 e. The van der Waals surface area contributed by atoms with E-state index in [4.69, 9.17) is 0 Å². The summed E-state index contributed by atoms with van der Waals surface area (Å²) >= 11 is 0. The number of carbonyl (C=O) groups excluding carboxylic acids is 1. The summed E-state index contributed by atoms with van der Waals surface area (Å²) in [6.07, 6.45) is 2.75. The number of halogens is 3. The third-order valence-electron chi connectivity index (χ3n) is 6.65. The van der Waals surface area contributed by atoms with Crippen LogP contribution in [0.25, 0.3) is 11.1 Å². The van der Waals surface area contributed by atoms with E-state index < -0.39 is 23.6 Å². The van der Waals surface area contributed by atoms with Gasteiger partial charge in [-0.1, -0.05) is 24.3 Å². The number of hydrogen-bond donors (Lipinski definition) is 2. The van der Waals surface area contributed by atoms with Crippen molar-refractivity contribution in [1.82, 2.24) is 9.78 Å². The van der Waals surface area contributed by atoms with Crippen LogP contribution >= 0.6 is 0 Å². The molecule has 3 aromatic rings. The van der Waals surface area contributed by atoms with E-state index in [1.165, 1.54) is 12.1 Å². The Bertz CT molecular complexity index is 1260. The fourth-order valence-electron chi connectivity index (χ4n) is 4.41. The van der Waals surface area contributed by atoms with Crippen LogP contribution in [0.4, 0.5) is 18.9 Å². The fraction of sp³-hybridized carbons (Fsp3) is 0.320. The van der Waals surface area contributed by atoms with Gasteiger partial charge in [0.15, 0.2) is 0 Å². The van der Waals surface area contributed by atoms with E-state index in [1.54, 1.807) is 24.4 Å². The lowest BCUT2D eigenvalue weighted by Crippen LogP contribution is -2.17. The van der Waals surface area contributed by atoms with Gasteiger partial charge in [0.25, 0.3) is 0 Å². The van der Waals surface area contributed by atoms with E-state index in [-0.39, 0.29) is 17.4 Å². The Hall–Kier alpha value is -3.62. The van der Waals surface area contributed by atoms with Gasteiger partial charge < -0.3 is 10.4 Å². The highest BCUT2D eigenvalue weighted by Crippen LogP contribution is 2.49. The standard InChI is InChI=1S/C25H22F3N3O3/c26-25(27,28)16-4-1-3-14(9-16)20-11-21(20)23(32)30-17-7-8-19(22(10-17)24(33)34)15-12-29-31(13-15)18-5-2-6-18/h1,3-4,7-10,12-13,18,20-21H,2,5-6,11H2,(H,30,32)(H,33,34)/t20-,21+/m0/s1. The number of hydrogen-bond acceptors (Lipinski definition) is 3. The zero-order valence-electron chi connectivity index (χ0n) is 18.0. The number of anilines is 1. The van der Waals surface area contributed by atoms with Crippen LogP contribution in [0.5, 0.6) is 0 Å². The second-order valence-corrected chi connectivity index (χ2v) is 8.92. The molecule has 0 aliphatic heterocycles. The van der Waals surface area contributed by atoms with E-state index in [2.05, 4.69) is 10.4 Å². The molecule has 2 aliphatic rings. The minimum Gasteiger partial charge on any atom is -0.478 e. The molecule has 0 radical (unpaired) electrons. The second kappa shape index (κ2) is 8.30. The first-order valence-electron chi connectivity index (χ1n) is 11.1. The van der Waals surface area contributed by atoms with Crippen molar-refractivity contribution in [3.05, 3.63) is 71.5 Å². The van der Waals surface area contributed by atoms with Gasteiger partial charge in [0.1, 0.15) is 0 Å². The van der Waals surface area contributed by atoms with Gasteiger partial charge in [-0.15, -0.1) is 0 Å². The number of carboxylic acid groups (broad SMARTS) is 1. The number of carboxylic acids is 1. The SMILES string of the molecule is O=C(O)c1cc(NC(=O)[C@@H]2C[C@H]2c2cccc(C(F)(F)F)c2)ccc1-c1cnn(C2CCC2)c1. The summed E-state index contributed by atoms with van der Waals surface area (Å²) in [5, 5.41) is 16.8. The summed E-state index contributed by atoms with van der Waals surface area (Å²) in [6, 6.07) is 10.0. The van der Waals surface area contributed by atoms with Gasteiger partial charge in [0, 0.05) is 23.4 Å². The molecule has 0 unspecified atom stereocenters. The zero-order chi connectivity index (χ0) is 24.0. The molecule has 0 spiro atoms. The molecule has 2 saturated carbocycles. The Morgan fingerprint density at radius 2 is 1.91 bits per heavy atom. The largest absolute Gasteiger partial charge is 0.478 e. The average molecular weight is 469 g/mol. The van der Waals surface area contributed by atoms with Crippen LogP contribution in [-0.4, -0.2) is 26.8 Å². The molecule has 1 aromatic heterocycles. The van der Waals surface area contributed by atoms with Gasteiger partial charge in [-0.25, -0.2) is 4.79 Å². The van der Waals surface area contributed by atoms with Crippen LogP contribution in [0.15, 0.2) is 54.9 Å². The molecule has 2 atom stereocenters. The number of amides is 1. The van der Waals surface area contributed by atoms with E-state index in [0.717, 1.165) is 31.4 Å². The Balaban J connectivity index is 1.30. The van der Waals surface area contributed by atoms with Crippen molar-refractivity contribution < 1.29 is 27.9 Å². The van der Waals surface area contributed by atoms with Crippen LogP contribution in [-0.2, 0) is 11.0 Å². The van der Waals surface area contributed by atoms with Gasteiger partial charge in [-0.2, -0.15) is 18.3 Å². The molecule has 9 heteroatoms. The lowest BCUT2D eigenvalue weighted by Gasteiger charge is -2.25. The third kappa shape index (κ3) is 4.30. The van der Waals surface area contributed by atoms with Crippen LogP contribution < -0.4 is 5.32 Å². The number of nitrogens with one attached hydrogen (secondary N) is 1. The number of nitrogens with zero attached hydrogens (tertiary/aromatic N) is 2. The number of rotatable bonds is 6. The molecule has 2 fully saturated rings. The first kappa shape index (κ1) is 22.2. The smallest absolute Gasteiger partial charge is 0.416 e. The van der Waals surface area contributed by atoms with Gasteiger partial charge >= 0.3 is 12.1 Å². The Morgan fingerprint density at radius 3 is 2.59 bits per heavy atom. The summed E-state index contributed by atoms with van der Waals surface area (Å²) in [7, 11) is 0. The number of benzene rings is 2. The van der Waals surface area contributed by atoms with Crippen molar-refractivity contribution in [2.45, 2.75) is 43.8 Å². The van der Waals surface area contributed by atoms with Crippen molar-refractivity contribution in [2.75, 3.05) is 5.32 Å². The predicted octanol–water partition coefficient (Wildman–Crippen LogP) is 5.73. The number of aromatic carboxylic acids is 1. The number of aromatic nitrogens is 2. The van der Waals surface area contributed by atoms with Gasteiger partial charge in [-0.05, 0) is 60.9 Å². The van der Waals surface area contributed by atoms with Gasteiger partial charge in [-0.3, -0.25) is 9.48 Å². The Labute approximate surface area is 193 Å². The quantitative estimate of drug-likeness (QED) is 0.483. The minimum atomic E-state index is -4.44. The third-order valence-corrected chi connectivity index (χ3v) is 6.65.